The average Bonchev–Trinajstić information content (AvgIpc) is 2.67. The van der Waals surface area contributed by atoms with Crippen LogP contribution in [0, 0.1) is 5.82 Å². The minimum atomic E-state index is -0.849. The molecule has 0 unspecified atom stereocenters. The van der Waals surface area contributed by atoms with Crippen LogP contribution in [-0.2, 0) is 11.3 Å². The number of amides is 1. The van der Waals surface area contributed by atoms with E-state index in [1.807, 2.05) is 0 Å². The summed E-state index contributed by atoms with van der Waals surface area (Å²) in [5.74, 6) is -0.506. The molecule has 1 N–H and O–H groups in total. The van der Waals surface area contributed by atoms with Gasteiger partial charge in [0.05, 0.1) is 12.8 Å². The summed E-state index contributed by atoms with van der Waals surface area (Å²) in [6.07, 6.45) is 2.74. The van der Waals surface area contributed by atoms with Crippen molar-refractivity contribution < 1.29 is 13.9 Å². The number of hydrogen-bond donors (Lipinski definition) is 1. The van der Waals surface area contributed by atoms with E-state index in [1.165, 1.54) is 43.8 Å². The molecule has 0 saturated carbocycles. The number of carbonyl (C=O) groups is 1. The normalized spacial score (nSPS) is 10.4. The molecule has 0 bridgehead atoms. The predicted molar refractivity (Wildman–Crippen MR) is 97.9 cm³/mol. The van der Waals surface area contributed by atoms with Crippen LogP contribution in [0.15, 0.2) is 70.5 Å². The number of ether oxygens (including phenoxy) is 1. The molecule has 1 amide bonds. The molecule has 27 heavy (non-hydrogen) atoms. The van der Waals surface area contributed by atoms with Crippen LogP contribution >= 0.6 is 0 Å². The minimum Gasteiger partial charge on any atom is -0.495 e. The molecular weight excluding hydrogens is 353 g/mol. The largest absolute Gasteiger partial charge is 0.495 e. The zero-order valence-electron chi connectivity index (χ0n) is 14.4. The molecule has 0 radical (unpaired) electrons. The zero-order chi connectivity index (χ0) is 19.4. The Labute approximate surface area is 153 Å². The molecule has 8 heteroatoms. The van der Waals surface area contributed by atoms with Gasteiger partial charge in [-0.25, -0.2) is 4.39 Å². The van der Waals surface area contributed by atoms with E-state index in [2.05, 4.69) is 5.32 Å². The van der Waals surface area contributed by atoms with Gasteiger partial charge in [-0.2, -0.15) is 0 Å². The van der Waals surface area contributed by atoms with Gasteiger partial charge in [0, 0.05) is 18.1 Å². The van der Waals surface area contributed by atoms with E-state index in [-0.39, 0.29) is 6.54 Å². The van der Waals surface area contributed by atoms with E-state index in [0.717, 1.165) is 9.13 Å². The summed E-state index contributed by atoms with van der Waals surface area (Å²) in [6, 6.07) is 12.0. The SMILES string of the molecule is COc1ccccc1-n1ccn(CC(=O)Nc2ccc(F)cc2)c(=O)c1=O. The Balaban J connectivity index is 1.85. The Bertz CT molecular complexity index is 1090. The van der Waals surface area contributed by atoms with Crippen molar-refractivity contribution in [3.05, 3.63) is 87.4 Å². The fraction of sp³-hybridized carbons (Fsp3) is 0.105. The van der Waals surface area contributed by atoms with Crippen molar-refractivity contribution in [2.75, 3.05) is 12.4 Å². The number of halogens is 1. The van der Waals surface area contributed by atoms with E-state index in [9.17, 15) is 18.8 Å². The maximum atomic E-state index is 12.9. The Morgan fingerprint density at radius 1 is 1.04 bits per heavy atom. The van der Waals surface area contributed by atoms with E-state index in [4.69, 9.17) is 4.74 Å². The fourth-order valence-electron chi connectivity index (χ4n) is 2.54. The first-order valence-corrected chi connectivity index (χ1v) is 8.00. The summed E-state index contributed by atoms with van der Waals surface area (Å²) < 4.78 is 20.3. The predicted octanol–water partition coefficient (Wildman–Crippen LogP) is 1.79. The highest BCUT2D eigenvalue weighted by Gasteiger charge is 2.12. The molecule has 3 rings (SSSR count). The van der Waals surface area contributed by atoms with Gasteiger partial charge in [-0.05, 0) is 36.4 Å². The summed E-state index contributed by atoms with van der Waals surface area (Å²) in [7, 11) is 1.46. The number of para-hydroxylation sites is 2. The van der Waals surface area contributed by atoms with Gasteiger partial charge < -0.3 is 10.1 Å². The van der Waals surface area contributed by atoms with E-state index >= 15 is 0 Å². The van der Waals surface area contributed by atoms with Crippen molar-refractivity contribution in [3.8, 4) is 11.4 Å². The molecule has 0 atom stereocenters. The molecule has 138 valence electrons. The molecule has 1 aromatic heterocycles. The number of benzene rings is 2. The van der Waals surface area contributed by atoms with Gasteiger partial charge in [0.1, 0.15) is 18.1 Å². The van der Waals surface area contributed by atoms with Crippen molar-refractivity contribution in [2.24, 2.45) is 0 Å². The van der Waals surface area contributed by atoms with Gasteiger partial charge in [-0.3, -0.25) is 23.5 Å². The highest BCUT2D eigenvalue weighted by atomic mass is 19.1. The van der Waals surface area contributed by atoms with Gasteiger partial charge in [-0.15, -0.1) is 0 Å². The number of methoxy groups -OCH3 is 1. The Hall–Kier alpha value is -3.68. The summed E-state index contributed by atoms with van der Waals surface area (Å²) >= 11 is 0. The zero-order valence-corrected chi connectivity index (χ0v) is 14.4. The first kappa shape index (κ1) is 18.1. The molecule has 0 aliphatic heterocycles. The molecule has 0 aliphatic rings. The monoisotopic (exact) mass is 369 g/mol. The van der Waals surface area contributed by atoms with Crippen LogP contribution < -0.4 is 21.2 Å². The molecule has 1 heterocycles. The molecule has 0 aliphatic carbocycles. The Kier molecular flexibility index (Phi) is 5.16. The number of rotatable bonds is 5. The summed E-state index contributed by atoms with van der Waals surface area (Å²) in [4.78, 5) is 36.9. The van der Waals surface area contributed by atoms with Crippen molar-refractivity contribution in [2.45, 2.75) is 6.54 Å². The minimum absolute atomic E-state index is 0.349. The average molecular weight is 369 g/mol. The second-order valence-electron chi connectivity index (χ2n) is 5.63. The number of nitrogens with one attached hydrogen (secondary N) is 1. The van der Waals surface area contributed by atoms with Gasteiger partial charge in [0.15, 0.2) is 0 Å². The molecule has 3 aromatic rings. The van der Waals surface area contributed by atoms with E-state index in [0.29, 0.717) is 17.1 Å². The summed E-state index contributed by atoms with van der Waals surface area (Å²) in [6.45, 7) is -0.349. The van der Waals surface area contributed by atoms with Crippen LogP contribution in [0.5, 0.6) is 5.75 Å². The quantitative estimate of drug-likeness (QED) is 0.695. The topological polar surface area (TPSA) is 82.3 Å². The van der Waals surface area contributed by atoms with E-state index < -0.39 is 22.8 Å². The van der Waals surface area contributed by atoms with Crippen LogP contribution in [0.25, 0.3) is 5.69 Å². The molecular formula is C19H16FN3O4. The number of nitrogens with zero attached hydrogens (tertiary/aromatic N) is 2. The Morgan fingerprint density at radius 3 is 2.44 bits per heavy atom. The number of hydrogen-bond acceptors (Lipinski definition) is 4. The number of anilines is 1. The van der Waals surface area contributed by atoms with Crippen molar-refractivity contribution in [1.82, 2.24) is 9.13 Å². The molecule has 7 nitrogen and oxygen atoms in total. The number of aromatic nitrogens is 2. The van der Waals surface area contributed by atoms with Crippen LogP contribution in [0.2, 0.25) is 0 Å². The van der Waals surface area contributed by atoms with Crippen molar-refractivity contribution in [1.29, 1.82) is 0 Å². The summed E-state index contributed by atoms with van der Waals surface area (Å²) in [5, 5.41) is 2.53. The highest BCUT2D eigenvalue weighted by Crippen LogP contribution is 2.19. The maximum absolute atomic E-state index is 12.9. The second kappa shape index (κ2) is 7.69. The molecule has 2 aromatic carbocycles. The van der Waals surface area contributed by atoms with Crippen LogP contribution in [0.3, 0.4) is 0 Å². The van der Waals surface area contributed by atoms with Crippen LogP contribution in [-0.4, -0.2) is 22.2 Å². The smallest absolute Gasteiger partial charge is 0.321 e. The highest BCUT2D eigenvalue weighted by molar-refractivity contribution is 5.90. The lowest BCUT2D eigenvalue weighted by atomic mass is 10.3. The first-order valence-electron chi connectivity index (χ1n) is 8.00. The molecule has 0 fully saturated rings. The molecule has 0 spiro atoms. The Morgan fingerprint density at radius 2 is 1.74 bits per heavy atom. The van der Waals surface area contributed by atoms with Gasteiger partial charge in [0.25, 0.3) is 0 Å². The first-order chi connectivity index (χ1) is 13.0. The third-order valence-electron chi connectivity index (χ3n) is 3.84. The summed E-state index contributed by atoms with van der Waals surface area (Å²) in [5.41, 5.74) is -0.851. The third kappa shape index (κ3) is 3.95. The number of carbonyl (C=O) groups excluding carboxylic acids is 1. The second-order valence-corrected chi connectivity index (χ2v) is 5.63. The van der Waals surface area contributed by atoms with Gasteiger partial charge in [-0.1, -0.05) is 12.1 Å². The lowest BCUT2D eigenvalue weighted by molar-refractivity contribution is -0.116. The van der Waals surface area contributed by atoms with Gasteiger partial charge >= 0.3 is 11.1 Å². The maximum Gasteiger partial charge on any atom is 0.321 e. The van der Waals surface area contributed by atoms with Crippen molar-refractivity contribution >= 4 is 11.6 Å². The van der Waals surface area contributed by atoms with Crippen LogP contribution in [0.1, 0.15) is 0 Å². The lowest BCUT2D eigenvalue weighted by Crippen LogP contribution is -2.41. The van der Waals surface area contributed by atoms with E-state index in [1.54, 1.807) is 24.3 Å². The van der Waals surface area contributed by atoms with Gasteiger partial charge in [0.2, 0.25) is 5.91 Å². The van der Waals surface area contributed by atoms with Crippen molar-refractivity contribution in [3.63, 3.8) is 0 Å². The van der Waals surface area contributed by atoms with Crippen LogP contribution in [0.4, 0.5) is 10.1 Å². The molecule has 0 saturated heterocycles. The lowest BCUT2D eigenvalue weighted by Gasteiger charge is -2.12. The fourth-order valence-corrected chi connectivity index (χ4v) is 2.54. The third-order valence-corrected chi connectivity index (χ3v) is 3.84. The standard InChI is InChI=1S/C19H16FN3O4/c1-27-16-5-3-2-4-15(16)23-11-10-22(18(25)19(23)26)12-17(24)21-14-8-6-13(20)7-9-14/h2-11H,12H2,1H3,(H,21,24).